The maximum Gasteiger partial charge on any atom is 0.00639 e. The monoisotopic (exact) mass is 143 g/mol. The average molecular weight is 143 g/mol. The van der Waals surface area contributed by atoms with Crippen LogP contribution in [0.4, 0.5) is 0 Å². The first-order chi connectivity index (χ1) is 4.85. The molecule has 0 rings (SSSR count). The van der Waals surface area contributed by atoms with Gasteiger partial charge in [-0.2, -0.15) is 0 Å². The van der Waals surface area contributed by atoms with Gasteiger partial charge in [0.2, 0.25) is 0 Å². The summed E-state index contributed by atoms with van der Waals surface area (Å²) in [7, 11) is 2.07. The summed E-state index contributed by atoms with van der Waals surface area (Å²) >= 11 is 0. The zero-order chi connectivity index (χ0) is 7.82. The van der Waals surface area contributed by atoms with Gasteiger partial charge in [-0.3, -0.25) is 0 Å². The molecule has 0 heterocycles. The molecule has 0 aliphatic heterocycles. The molecule has 1 heteroatoms. The molecule has 0 fully saturated rings. The van der Waals surface area contributed by atoms with Crippen molar-refractivity contribution in [2.45, 2.75) is 52.0 Å². The molecular formula is C9H21N. The topological polar surface area (TPSA) is 12.0 Å². The van der Waals surface area contributed by atoms with Gasteiger partial charge in [0, 0.05) is 6.04 Å². The Morgan fingerprint density at radius 3 is 2.20 bits per heavy atom. The van der Waals surface area contributed by atoms with Crippen LogP contribution in [0.25, 0.3) is 0 Å². The van der Waals surface area contributed by atoms with Crippen molar-refractivity contribution in [3.05, 3.63) is 0 Å². The molecule has 0 saturated heterocycles. The molecule has 0 saturated carbocycles. The van der Waals surface area contributed by atoms with Crippen molar-refractivity contribution in [3.63, 3.8) is 0 Å². The second-order valence-corrected chi connectivity index (χ2v) is 2.92. The Balaban J connectivity index is 3.21. The minimum absolute atomic E-state index is 0.768. The molecule has 0 aromatic heterocycles. The highest BCUT2D eigenvalue weighted by Crippen LogP contribution is 2.05. The first-order valence-corrected chi connectivity index (χ1v) is 4.52. The van der Waals surface area contributed by atoms with E-state index in [1.54, 1.807) is 0 Å². The molecule has 1 unspecified atom stereocenters. The van der Waals surface area contributed by atoms with Crippen LogP contribution >= 0.6 is 0 Å². The van der Waals surface area contributed by atoms with Crippen molar-refractivity contribution in [3.8, 4) is 0 Å². The first kappa shape index (κ1) is 9.96. The lowest BCUT2D eigenvalue weighted by Crippen LogP contribution is -2.24. The molecule has 0 radical (unpaired) electrons. The Morgan fingerprint density at radius 2 is 1.80 bits per heavy atom. The van der Waals surface area contributed by atoms with Gasteiger partial charge in [0.05, 0.1) is 0 Å². The third-order valence-electron chi connectivity index (χ3n) is 1.95. The van der Waals surface area contributed by atoms with Crippen molar-refractivity contribution in [2.24, 2.45) is 0 Å². The van der Waals surface area contributed by atoms with Gasteiger partial charge < -0.3 is 5.32 Å². The van der Waals surface area contributed by atoms with Crippen LogP contribution in [0.3, 0.4) is 0 Å². The van der Waals surface area contributed by atoms with E-state index in [2.05, 4.69) is 26.2 Å². The lowest BCUT2D eigenvalue weighted by molar-refractivity contribution is 0.467. The molecule has 0 aromatic rings. The number of rotatable bonds is 6. The standard InChI is InChI=1S/C9H21N/c1-4-6-8-9(10-3)7-5-2/h9-10H,4-8H2,1-3H3. The van der Waals surface area contributed by atoms with Crippen LogP contribution in [-0.4, -0.2) is 13.1 Å². The smallest absolute Gasteiger partial charge is 0.00639 e. The van der Waals surface area contributed by atoms with E-state index in [0.29, 0.717) is 0 Å². The van der Waals surface area contributed by atoms with Crippen LogP contribution in [-0.2, 0) is 0 Å². The van der Waals surface area contributed by atoms with E-state index < -0.39 is 0 Å². The van der Waals surface area contributed by atoms with Crippen LogP contribution in [0.2, 0.25) is 0 Å². The maximum absolute atomic E-state index is 3.34. The van der Waals surface area contributed by atoms with Crippen LogP contribution in [0.1, 0.15) is 46.0 Å². The largest absolute Gasteiger partial charge is 0.317 e. The van der Waals surface area contributed by atoms with Gasteiger partial charge in [0.1, 0.15) is 0 Å². The predicted molar refractivity (Wildman–Crippen MR) is 47.3 cm³/mol. The van der Waals surface area contributed by atoms with Crippen molar-refractivity contribution in [1.82, 2.24) is 5.32 Å². The average Bonchev–Trinajstić information content (AvgIpc) is 1.98. The Bertz CT molecular complexity index is 61.7. The van der Waals surface area contributed by atoms with Crippen molar-refractivity contribution in [1.29, 1.82) is 0 Å². The lowest BCUT2D eigenvalue weighted by Gasteiger charge is -2.13. The van der Waals surface area contributed by atoms with E-state index >= 15 is 0 Å². The zero-order valence-corrected chi connectivity index (χ0v) is 7.61. The molecule has 10 heavy (non-hydrogen) atoms. The van der Waals surface area contributed by atoms with Crippen LogP contribution < -0.4 is 5.32 Å². The molecule has 1 N–H and O–H groups in total. The third kappa shape index (κ3) is 4.80. The molecule has 62 valence electrons. The molecule has 0 bridgehead atoms. The Labute approximate surface area is 65.2 Å². The number of nitrogens with one attached hydrogen (secondary N) is 1. The molecule has 0 amide bonds. The third-order valence-corrected chi connectivity index (χ3v) is 1.95. The Morgan fingerprint density at radius 1 is 1.10 bits per heavy atom. The van der Waals surface area contributed by atoms with E-state index in [4.69, 9.17) is 0 Å². The van der Waals surface area contributed by atoms with Crippen LogP contribution in [0, 0.1) is 0 Å². The van der Waals surface area contributed by atoms with Gasteiger partial charge in [-0.1, -0.05) is 33.1 Å². The SMILES string of the molecule is CCCCC(CCC)NC. The van der Waals surface area contributed by atoms with Gasteiger partial charge in [-0.15, -0.1) is 0 Å². The normalized spacial score (nSPS) is 13.5. The fourth-order valence-electron chi connectivity index (χ4n) is 1.23. The summed E-state index contributed by atoms with van der Waals surface area (Å²) in [5.74, 6) is 0. The fourth-order valence-corrected chi connectivity index (χ4v) is 1.23. The summed E-state index contributed by atoms with van der Waals surface area (Å²) in [6, 6.07) is 0.768. The second kappa shape index (κ2) is 7.07. The van der Waals surface area contributed by atoms with E-state index in [-0.39, 0.29) is 0 Å². The summed E-state index contributed by atoms with van der Waals surface area (Å²) in [6.07, 6.45) is 6.67. The predicted octanol–water partition coefficient (Wildman–Crippen LogP) is 2.56. The van der Waals surface area contributed by atoms with Gasteiger partial charge in [-0.25, -0.2) is 0 Å². The molecule has 1 nitrogen and oxygen atoms in total. The first-order valence-electron chi connectivity index (χ1n) is 4.52. The Kier molecular flexibility index (Phi) is 7.04. The molecule has 0 aromatic carbocycles. The lowest BCUT2D eigenvalue weighted by atomic mass is 10.1. The highest BCUT2D eigenvalue weighted by atomic mass is 14.9. The van der Waals surface area contributed by atoms with Crippen molar-refractivity contribution < 1.29 is 0 Å². The number of unbranched alkanes of at least 4 members (excludes halogenated alkanes) is 1. The van der Waals surface area contributed by atoms with Gasteiger partial charge in [-0.05, 0) is 19.9 Å². The second-order valence-electron chi connectivity index (χ2n) is 2.92. The molecule has 0 aliphatic rings. The number of hydrogen-bond donors (Lipinski definition) is 1. The van der Waals surface area contributed by atoms with Crippen molar-refractivity contribution in [2.75, 3.05) is 7.05 Å². The van der Waals surface area contributed by atoms with Crippen molar-refractivity contribution >= 4 is 0 Å². The number of hydrogen-bond acceptors (Lipinski definition) is 1. The fraction of sp³-hybridized carbons (Fsp3) is 1.00. The van der Waals surface area contributed by atoms with E-state index in [1.165, 1.54) is 32.1 Å². The molecular weight excluding hydrogens is 122 g/mol. The van der Waals surface area contributed by atoms with Gasteiger partial charge in [0.15, 0.2) is 0 Å². The van der Waals surface area contributed by atoms with E-state index in [1.807, 2.05) is 0 Å². The molecule has 0 aliphatic carbocycles. The van der Waals surface area contributed by atoms with Crippen LogP contribution in [0.5, 0.6) is 0 Å². The van der Waals surface area contributed by atoms with Gasteiger partial charge >= 0.3 is 0 Å². The minimum Gasteiger partial charge on any atom is -0.317 e. The van der Waals surface area contributed by atoms with Crippen LogP contribution in [0.15, 0.2) is 0 Å². The van der Waals surface area contributed by atoms with Gasteiger partial charge in [0.25, 0.3) is 0 Å². The van der Waals surface area contributed by atoms with E-state index in [0.717, 1.165) is 6.04 Å². The quantitative estimate of drug-likeness (QED) is 0.602. The van der Waals surface area contributed by atoms with E-state index in [9.17, 15) is 0 Å². The summed E-state index contributed by atoms with van der Waals surface area (Å²) in [5, 5.41) is 3.34. The maximum atomic E-state index is 3.34. The summed E-state index contributed by atoms with van der Waals surface area (Å²) in [4.78, 5) is 0. The Hall–Kier alpha value is -0.0400. The summed E-state index contributed by atoms with van der Waals surface area (Å²) in [5.41, 5.74) is 0. The summed E-state index contributed by atoms with van der Waals surface area (Å²) < 4.78 is 0. The molecule has 0 spiro atoms. The summed E-state index contributed by atoms with van der Waals surface area (Å²) in [6.45, 7) is 4.49. The zero-order valence-electron chi connectivity index (χ0n) is 7.61. The molecule has 1 atom stereocenters. The minimum atomic E-state index is 0.768. The highest BCUT2D eigenvalue weighted by molar-refractivity contribution is 4.62. The highest BCUT2D eigenvalue weighted by Gasteiger charge is 2.01.